The van der Waals surface area contributed by atoms with Crippen molar-refractivity contribution in [2.24, 2.45) is 0 Å². The predicted molar refractivity (Wildman–Crippen MR) is 120 cm³/mol. The molecule has 0 saturated heterocycles. The minimum Gasteiger partial charge on any atom is -0.506 e. The maximum absolute atomic E-state index is 14.6. The van der Waals surface area contributed by atoms with E-state index in [2.05, 4.69) is 42.5 Å². The molecule has 3 rings (SSSR count). The first-order chi connectivity index (χ1) is 16.2. The zero-order valence-corrected chi connectivity index (χ0v) is 20.7. The molecule has 35 heavy (non-hydrogen) atoms. The van der Waals surface area contributed by atoms with Crippen LogP contribution in [0.1, 0.15) is 30.0 Å². The van der Waals surface area contributed by atoms with Gasteiger partial charge in [0.1, 0.15) is 23.1 Å². The molecule has 5 nitrogen and oxygen atoms in total. The lowest BCUT2D eigenvalue weighted by molar-refractivity contribution is -0.294. The summed E-state index contributed by atoms with van der Waals surface area (Å²) in [5, 5.41) is 23.7. The van der Waals surface area contributed by atoms with E-state index in [-0.39, 0.29) is 21.1 Å². The highest BCUT2D eigenvalue weighted by Gasteiger charge is 2.63. The topological polar surface area (TPSA) is 85.2 Å². The minimum absolute atomic E-state index is 0.183. The summed E-state index contributed by atoms with van der Waals surface area (Å²) in [4.78, 5) is 13.0. The molecule has 2 atom stereocenters. The second kappa shape index (κ2) is 9.99. The van der Waals surface area contributed by atoms with Crippen LogP contribution < -0.4 is 10.6 Å². The van der Waals surface area contributed by atoms with Crippen molar-refractivity contribution >= 4 is 37.8 Å². The normalized spacial score (nSPS) is 16.8. The summed E-state index contributed by atoms with van der Waals surface area (Å²) < 4.78 is 83.1. The molecule has 3 N–H and O–H groups in total. The lowest BCUT2D eigenvalue weighted by Crippen LogP contribution is -2.56. The van der Waals surface area contributed by atoms with Crippen molar-refractivity contribution < 1.29 is 36.2 Å². The summed E-state index contributed by atoms with van der Waals surface area (Å²) in [6.45, 7) is 0. The monoisotopic (exact) mass is 627 g/mol. The number of halogens is 8. The Morgan fingerprint density at radius 2 is 1.66 bits per heavy atom. The average molecular weight is 629 g/mol. The zero-order valence-electron chi connectivity index (χ0n) is 17.6. The first-order valence-electron chi connectivity index (χ1n) is 10.1. The zero-order chi connectivity index (χ0) is 26.2. The standard InChI is InChI=1S/C22H17Br2F6N3O2/c23-14-7-11(8-15(24)17(14)34)9-16(19(35)33-20(10-31)5-6-20)32-18(21(26,27)22(28,29)30)12-1-3-13(25)4-2-12/h1-4,7-8,16,18,32,34H,5-6,9H2,(H,33,35)/t16-,18-/m0/s1. The van der Waals surface area contributed by atoms with Crippen LogP contribution in [0.3, 0.4) is 0 Å². The Morgan fingerprint density at radius 1 is 1.11 bits per heavy atom. The molecule has 0 aliphatic heterocycles. The van der Waals surface area contributed by atoms with E-state index in [1.165, 1.54) is 12.1 Å². The Labute approximate surface area is 212 Å². The fraction of sp³-hybridized carbons (Fsp3) is 0.364. The summed E-state index contributed by atoms with van der Waals surface area (Å²) in [6, 6.07) is 3.23. The number of carbonyl (C=O) groups is 1. The van der Waals surface area contributed by atoms with Crippen LogP contribution >= 0.6 is 31.9 Å². The fourth-order valence-corrected chi connectivity index (χ4v) is 4.62. The van der Waals surface area contributed by atoms with Crippen molar-refractivity contribution in [3.05, 3.63) is 62.3 Å². The molecule has 1 aliphatic carbocycles. The molecular weight excluding hydrogens is 612 g/mol. The number of hydrogen-bond acceptors (Lipinski definition) is 4. The van der Waals surface area contributed by atoms with Crippen LogP contribution in [-0.4, -0.2) is 34.7 Å². The van der Waals surface area contributed by atoms with Gasteiger partial charge in [-0.2, -0.15) is 27.2 Å². The largest absolute Gasteiger partial charge is 0.506 e. The number of phenolic OH excluding ortho intramolecular Hbond substituents is 1. The summed E-state index contributed by atoms with van der Waals surface area (Å²) in [6.07, 6.45) is -5.76. The predicted octanol–water partition coefficient (Wildman–Crippen LogP) is 5.67. The summed E-state index contributed by atoms with van der Waals surface area (Å²) in [7, 11) is 0. The van der Waals surface area contributed by atoms with Gasteiger partial charge in [0.05, 0.1) is 21.1 Å². The molecule has 0 radical (unpaired) electrons. The van der Waals surface area contributed by atoms with Crippen molar-refractivity contribution in [1.29, 1.82) is 5.26 Å². The summed E-state index contributed by atoms with van der Waals surface area (Å²) >= 11 is 6.20. The van der Waals surface area contributed by atoms with Crippen LogP contribution in [0, 0.1) is 17.1 Å². The maximum Gasteiger partial charge on any atom is 0.455 e. The molecule has 1 saturated carbocycles. The number of nitriles is 1. The van der Waals surface area contributed by atoms with Crippen molar-refractivity contribution in [1.82, 2.24) is 10.6 Å². The third-order valence-electron chi connectivity index (χ3n) is 5.47. The number of nitrogens with one attached hydrogen (secondary N) is 2. The number of amides is 1. The minimum atomic E-state index is -5.99. The Morgan fingerprint density at radius 3 is 2.11 bits per heavy atom. The Hall–Kier alpha value is -2.30. The molecule has 0 spiro atoms. The van der Waals surface area contributed by atoms with Gasteiger partial charge in [0, 0.05) is 0 Å². The SMILES string of the molecule is N#CC1(NC(=O)[C@H](Cc2cc(Br)c(O)c(Br)c2)N[C@@H](c2ccc(F)cc2)C(F)(F)C(F)(F)F)CC1. The molecule has 1 fully saturated rings. The van der Waals surface area contributed by atoms with E-state index in [9.17, 15) is 41.5 Å². The van der Waals surface area contributed by atoms with Gasteiger partial charge in [-0.15, -0.1) is 0 Å². The number of rotatable bonds is 8. The summed E-state index contributed by atoms with van der Waals surface area (Å²) in [5.74, 6) is -7.33. The van der Waals surface area contributed by atoms with Crippen LogP contribution in [0.4, 0.5) is 26.3 Å². The van der Waals surface area contributed by atoms with Gasteiger partial charge in [0.25, 0.3) is 0 Å². The number of benzene rings is 2. The molecular formula is C22H17Br2F6N3O2. The number of hydrogen-bond donors (Lipinski definition) is 3. The fourth-order valence-electron chi connectivity index (χ4n) is 3.34. The van der Waals surface area contributed by atoms with Gasteiger partial charge in [-0.3, -0.25) is 10.1 Å². The van der Waals surface area contributed by atoms with E-state index in [0.717, 1.165) is 24.3 Å². The van der Waals surface area contributed by atoms with Crippen LogP contribution in [0.2, 0.25) is 0 Å². The van der Waals surface area contributed by atoms with E-state index in [1.807, 2.05) is 6.07 Å². The Bertz CT molecular complexity index is 1120. The van der Waals surface area contributed by atoms with Crippen LogP contribution in [0.25, 0.3) is 0 Å². The number of nitrogens with zero attached hydrogens (tertiary/aromatic N) is 1. The number of carbonyl (C=O) groups excluding carboxylic acids is 1. The van der Waals surface area contributed by atoms with Crippen LogP contribution in [0.15, 0.2) is 45.3 Å². The molecule has 0 heterocycles. The molecule has 0 aromatic heterocycles. The van der Waals surface area contributed by atoms with Gasteiger partial charge in [0.2, 0.25) is 5.91 Å². The number of aromatic hydroxyl groups is 1. The third kappa shape index (κ3) is 6.10. The highest BCUT2D eigenvalue weighted by Crippen LogP contribution is 2.45. The van der Waals surface area contributed by atoms with E-state index < -0.39 is 47.0 Å². The molecule has 188 valence electrons. The van der Waals surface area contributed by atoms with Gasteiger partial charge in [0.15, 0.2) is 0 Å². The highest BCUT2D eigenvalue weighted by atomic mass is 79.9. The van der Waals surface area contributed by atoms with E-state index in [0.29, 0.717) is 18.4 Å². The van der Waals surface area contributed by atoms with Crippen molar-refractivity contribution in [3.63, 3.8) is 0 Å². The van der Waals surface area contributed by atoms with Crippen molar-refractivity contribution in [3.8, 4) is 11.8 Å². The third-order valence-corrected chi connectivity index (χ3v) is 6.68. The van der Waals surface area contributed by atoms with Gasteiger partial charge < -0.3 is 10.4 Å². The Balaban J connectivity index is 2.02. The van der Waals surface area contributed by atoms with E-state index in [1.54, 1.807) is 0 Å². The molecule has 2 aromatic carbocycles. The quantitative estimate of drug-likeness (QED) is 0.329. The first kappa shape index (κ1) is 27.3. The van der Waals surface area contributed by atoms with Gasteiger partial charge in [-0.1, -0.05) is 12.1 Å². The maximum atomic E-state index is 14.6. The summed E-state index contributed by atoms with van der Waals surface area (Å²) in [5.41, 5.74) is -1.52. The molecule has 2 aromatic rings. The molecule has 0 unspecified atom stereocenters. The molecule has 0 bridgehead atoms. The van der Waals surface area contributed by atoms with Gasteiger partial charge >= 0.3 is 12.1 Å². The van der Waals surface area contributed by atoms with Crippen molar-refractivity contribution in [2.75, 3.05) is 0 Å². The van der Waals surface area contributed by atoms with Crippen molar-refractivity contribution in [2.45, 2.75) is 49.0 Å². The Kier molecular flexibility index (Phi) is 7.79. The molecule has 13 heteroatoms. The van der Waals surface area contributed by atoms with Crippen LogP contribution in [0.5, 0.6) is 5.75 Å². The second-order valence-corrected chi connectivity index (χ2v) is 9.83. The smallest absolute Gasteiger partial charge is 0.455 e. The lowest BCUT2D eigenvalue weighted by Gasteiger charge is -2.33. The van der Waals surface area contributed by atoms with Gasteiger partial charge in [-0.25, -0.2) is 4.39 Å². The highest BCUT2D eigenvalue weighted by molar-refractivity contribution is 9.11. The molecule has 1 aliphatic rings. The number of phenols is 1. The number of alkyl halides is 5. The van der Waals surface area contributed by atoms with Gasteiger partial charge in [-0.05, 0) is 86.5 Å². The van der Waals surface area contributed by atoms with Crippen LogP contribution in [-0.2, 0) is 11.2 Å². The first-order valence-corrected chi connectivity index (χ1v) is 11.6. The second-order valence-electron chi connectivity index (χ2n) is 8.12. The van der Waals surface area contributed by atoms with E-state index >= 15 is 0 Å². The lowest BCUT2D eigenvalue weighted by atomic mass is 9.96. The average Bonchev–Trinajstić information content (AvgIpc) is 3.54. The molecule has 1 amide bonds. The van der Waals surface area contributed by atoms with E-state index in [4.69, 9.17) is 0 Å².